The van der Waals surface area contributed by atoms with E-state index in [0.717, 1.165) is 0 Å². The summed E-state index contributed by atoms with van der Waals surface area (Å²) in [6.07, 6.45) is -0.924. The van der Waals surface area contributed by atoms with E-state index in [2.05, 4.69) is 0 Å². The highest BCUT2D eigenvalue weighted by Gasteiger charge is 2.33. The van der Waals surface area contributed by atoms with E-state index < -0.39 is 23.2 Å². The number of nitrogens with zero attached hydrogens (tertiary/aromatic N) is 2. The molecule has 0 bridgehead atoms. The van der Waals surface area contributed by atoms with Gasteiger partial charge in [-0.25, -0.2) is 0 Å². The quantitative estimate of drug-likeness (QED) is 0.632. The molecule has 0 aliphatic heterocycles. The molecule has 2 rings (SSSR count). The summed E-state index contributed by atoms with van der Waals surface area (Å²) in [4.78, 5) is 10.2. The summed E-state index contributed by atoms with van der Waals surface area (Å²) in [5.74, 6) is 0.0554. The van der Waals surface area contributed by atoms with E-state index in [0.29, 0.717) is 19.3 Å². The smallest absolute Gasteiger partial charge is 0.290 e. The zero-order valence-corrected chi connectivity index (χ0v) is 10.6. The molecule has 3 unspecified atom stereocenters. The molecule has 1 aromatic carbocycles. The van der Waals surface area contributed by atoms with Crippen LogP contribution in [0.1, 0.15) is 24.8 Å². The van der Waals surface area contributed by atoms with Gasteiger partial charge in [0.25, 0.3) is 5.69 Å². The molecule has 106 valence electrons. The maximum atomic E-state index is 10.9. The molecule has 0 radical (unpaired) electrons. The number of ether oxygens (including phenoxy) is 1. The van der Waals surface area contributed by atoms with E-state index in [-0.39, 0.29) is 17.0 Å². The van der Waals surface area contributed by atoms with Crippen molar-refractivity contribution < 1.29 is 19.9 Å². The monoisotopic (exact) mass is 278 g/mol. The third kappa shape index (κ3) is 2.71. The number of aliphatic hydroxyl groups is 2. The number of aliphatic hydroxyl groups excluding tert-OH is 2. The zero-order chi connectivity index (χ0) is 14.7. The lowest BCUT2D eigenvalue weighted by molar-refractivity contribution is -0.385. The average Bonchev–Trinajstić information content (AvgIpc) is 2.43. The van der Waals surface area contributed by atoms with Gasteiger partial charge in [-0.15, -0.1) is 0 Å². The van der Waals surface area contributed by atoms with Crippen LogP contribution >= 0.6 is 0 Å². The average molecular weight is 278 g/mol. The van der Waals surface area contributed by atoms with Crippen molar-refractivity contribution in [2.24, 2.45) is 0 Å². The standard InChI is InChI=1S/C13H14N2O5/c14-7-8-9(15(18)19)3-1-5-11(8)20-12-6-2-4-10(16)13(12)17/h1,3,5,10,12-13,16-17H,2,4,6H2. The second kappa shape index (κ2) is 5.86. The van der Waals surface area contributed by atoms with Gasteiger partial charge in [-0.1, -0.05) is 6.07 Å². The van der Waals surface area contributed by atoms with Gasteiger partial charge in [0.1, 0.15) is 24.0 Å². The van der Waals surface area contributed by atoms with Crippen molar-refractivity contribution >= 4 is 5.69 Å². The summed E-state index contributed by atoms with van der Waals surface area (Å²) < 4.78 is 5.51. The molecule has 7 heteroatoms. The SMILES string of the molecule is N#Cc1c(OC2CCCC(O)C2O)cccc1[N+](=O)[O-]. The molecule has 1 aliphatic carbocycles. The molecule has 1 fully saturated rings. The van der Waals surface area contributed by atoms with Crippen molar-refractivity contribution in [1.29, 1.82) is 5.26 Å². The molecule has 0 aromatic heterocycles. The Morgan fingerprint density at radius 2 is 2.15 bits per heavy atom. The van der Waals surface area contributed by atoms with Crippen molar-refractivity contribution in [2.45, 2.75) is 37.6 Å². The molecular formula is C13H14N2O5. The fourth-order valence-electron chi connectivity index (χ4n) is 2.29. The maximum absolute atomic E-state index is 10.9. The Bertz CT molecular complexity index is 554. The van der Waals surface area contributed by atoms with E-state index in [1.54, 1.807) is 6.07 Å². The third-order valence-electron chi connectivity index (χ3n) is 3.35. The molecule has 7 nitrogen and oxygen atoms in total. The van der Waals surface area contributed by atoms with Crippen molar-refractivity contribution in [1.82, 2.24) is 0 Å². The Morgan fingerprint density at radius 3 is 2.80 bits per heavy atom. The van der Waals surface area contributed by atoms with Crippen LogP contribution < -0.4 is 4.74 Å². The van der Waals surface area contributed by atoms with Gasteiger partial charge in [-0.3, -0.25) is 10.1 Å². The van der Waals surface area contributed by atoms with E-state index in [1.807, 2.05) is 0 Å². The van der Waals surface area contributed by atoms with Gasteiger partial charge in [-0.05, 0) is 25.3 Å². The number of nitro groups is 1. The number of nitriles is 1. The number of nitro benzene ring substituents is 1. The summed E-state index contributed by atoms with van der Waals surface area (Å²) in [6, 6.07) is 5.83. The first-order valence-corrected chi connectivity index (χ1v) is 6.25. The van der Waals surface area contributed by atoms with Crippen LogP contribution in [0.5, 0.6) is 5.75 Å². The van der Waals surface area contributed by atoms with Crippen LogP contribution in [0.15, 0.2) is 18.2 Å². The first kappa shape index (κ1) is 14.2. The highest BCUT2D eigenvalue weighted by atomic mass is 16.6. The minimum atomic E-state index is -1.06. The molecule has 2 N–H and O–H groups in total. The summed E-state index contributed by atoms with van der Waals surface area (Å²) >= 11 is 0. The minimum Gasteiger partial charge on any atom is -0.486 e. The molecule has 3 atom stereocenters. The van der Waals surface area contributed by atoms with Crippen molar-refractivity contribution in [2.75, 3.05) is 0 Å². The van der Waals surface area contributed by atoms with Crippen LogP contribution in [0.25, 0.3) is 0 Å². The Morgan fingerprint density at radius 1 is 1.40 bits per heavy atom. The van der Waals surface area contributed by atoms with Crippen LogP contribution in [-0.4, -0.2) is 33.4 Å². The normalized spacial score (nSPS) is 25.8. The third-order valence-corrected chi connectivity index (χ3v) is 3.35. The van der Waals surface area contributed by atoms with Gasteiger partial charge >= 0.3 is 0 Å². The van der Waals surface area contributed by atoms with E-state index in [1.165, 1.54) is 18.2 Å². The van der Waals surface area contributed by atoms with Gasteiger partial charge < -0.3 is 14.9 Å². The Labute approximate surface area is 115 Å². The van der Waals surface area contributed by atoms with Crippen molar-refractivity contribution in [3.8, 4) is 11.8 Å². The number of hydrogen-bond acceptors (Lipinski definition) is 6. The van der Waals surface area contributed by atoms with Crippen LogP contribution in [0.2, 0.25) is 0 Å². The molecule has 20 heavy (non-hydrogen) atoms. The number of benzene rings is 1. The maximum Gasteiger partial charge on any atom is 0.290 e. The Hall–Kier alpha value is -2.17. The molecular weight excluding hydrogens is 264 g/mol. The van der Waals surface area contributed by atoms with Gasteiger partial charge in [0, 0.05) is 6.07 Å². The van der Waals surface area contributed by atoms with Crippen LogP contribution in [-0.2, 0) is 0 Å². The van der Waals surface area contributed by atoms with Crippen molar-refractivity contribution in [3.05, 3.63) is 33.9 Å². The fraction of sp³-hybridized carbons (Fsp3) is 0.462. The summed E-state index contributed by atoms with van der Waals surface area (Å²) in [6.45, 7) is 0. The number of hydrogen-bond donors (Lipinski definition) is 2. The molecule has 1 aromatic rings. The minimum absolute atomic E-state index is 0.0554. The molecule has 0 heterocycles. The second-order valence-electron chi connectivity index (χ2n) is 4.66. The lowest BCUT2D eigenvalue weighted by atomic mass is 9.92. The summed E-state index contributed by atoms with van der Waals surface area (Å²) in [5.41, 5.74) is -0.513. The lowest BCUT2D eigenvalue weighted by Gasteiger charge is -2.32. The van der Waals surface area contributed by atoms with Gasteiger partial charge in [0.2, 0.25) is 0 Å². The van der Waals surface area contributed by atoms with E-state index in [4.69, 9.17) is 10.00 Å². The van der Waals surface area contributed by atoms with E-state index in [9.17, 15) is 20.3 Å². The predicted octanol–water partition coefficient (Wildman–Crippen LogP) is 1.12. The fourth-order valence-corrected chi connectivity index (χ4v) is 2.29. The van der Waals surface area contributed by atoms with E-state index >= 15 is 0 Å². The van der Waals surface area contributed by atoms with Gasteiger partial charge in [0.15, 0.2) is 5.56 Å². The predicted molar refractivity (Wildman–Crippen MR) is 68.1 cm³/mol. The summed E-state index contributed by atoms with van der Waals surface area (Å²) in [7, 11) is 0. The Kier molecular flexibility index (Phi) is 4.17. The molecule has 1 aliphatic rings. The van der Waals surface area contributed by atoms with Gasteiger partial charge in [0.05, 0.1) is 11.0 Å². The summed E-state index contributed by atoms with van der Waals surface area (Å²) in [5, 5.41) is 39.3. The number of rotatable bonds is 3. The topological polar surface area (TPSA) is 117 Å². The molecule has 0 saturated heterocycles. The molecule has 1 saturated carbocycles. The highest BCUT2D eigenvalue weighted by Crippen LogP contribution is 2.31. The second-order valence-corrected chi connectivity index (χ2v) is 4.66. The first-order chi connectivity index (χ1) is 9.54. The van der Waals surface area contributed by atoms with Crippen LogP contribution in [0.3, 0.4) is 0 Å². The largest absolute Gasteiger partial charge is 0.486 e. The molecule has 0 spiro atoms. The van der Waals surface area contributed by atoms with Gasteiger partial charge in [-0.2, -0.15) is 5.26 Å². The Balaban J connectivity index is 2.28. The lowest BCUT2D eigenvalue weighted by Crippen LogP contribution is -2.44. The van der Waals surface area contributed by atoms with Crippen LogP contribution in [0, 0.1) is 21.4 Å². The highest BCUT2D eigenvalue weighted by molar-refractivity contribution is 5.56. The first-order valence-electron chi connectivity index (χ1n) is 6.25. The molecule has 0 amide bonds. The van der Waals surface area contributed by atoms with Crippen molar-refractivity contribution in [3.63, 3.8) is 0 Å². The van der Waals surface area contributed by atoms with Crippen LogP contribution in [0.4, 0.5) is 5.69 Å². The zero-order valence-electron chi connectivity index (χ0n) is 10.6.